The Hall–Kier alpha value is -3.35. The van der Waals surface area contributed by atoms with Crippen LogP contribution in [0.2, 0.25) is 0 Å². The lowest BCUT2D eigenvalue weighted by molar-refractivity contribution is -0.130. The minimum absolute atomic E-state index is 0.00866. The van der Waals surface area contributed by atoms with Crippen molar-refractivity contribution in [2.45, 2.75) is 50.9 Å². The minimum Gasteiger partial charge on any atom is -0.370 e. The number of rotatable bonds is 13. The summed E-state index contributed by atoms with van der Waals surface area (Å²) in [6.45, 7) is 2.47. The maximum Gasteiger partial charge on any atom is 0.236 e. The molecule has 0 saturated carbocycles. The first kappa shape index (κ1) is 27.7. The predicted molar refractivity (Wildman–Crippen MR) is 146 cm³/mol. The van der Waals surface area contributed by atoms with E-state index >= 15 is 0 Å². The van der Waals surface area contributed by atoms with Gasteiger partial charge in [0.1, 0.15) is 18.0 Å². The van der Waals surface area contributed by atoms with E-state index in [2.05, 4.69) is 42.7 Å². The van der Waals surface area contributed by atoms with Gasteiger partial charge in [-0.1, -0.05) is 6.07 Å². The number of aliphatic hydroxyl groups excluding tert-OH is 1. The topological polar surface area (TPSA) is 145 Å². The van der Waals surface area contributed by atoms with Gasteiger partial charge in [0.05, 0.1) is 24.2 Å². The van der Waals surface area contributed by atoms with Gasteiger partial charge in [-0.25, -0.2) is 15.0 Å². The van der Waals surface area contributed by atoms with Gasteiger partial charge in [-0.2, -0.15) is 5.10 Å². The number of aryl methyl sites for hydroxylation is 3. The largest absolute Gasteiger partial charge is 0.370 e. The molecule has 4 rings (SSSR count). The number of aromatic nitrogens is 5. The lowest BCUT2D eigenvalue weighted by Crippen LogP contribution is -2.41. The number of hydrogen-bond donors (Lipinski definition) is 4. The number of fused-ring (bicyclic) bond motifs is 2. The Balaban J connectivity index is 1.33. The van der Waals surface area contributed by atoms with E-state index in [0.717, 1.165) is 56.7 Å². The molecule has 3 aromatic rings. The second kappa shape index (κ2) is 12.9. The standard InChI is InChI=1S/C26H39N9O3/c1-33(2)22(36)16-35(13-5-4-8-19-10-9-18-7-6-12-27-23(18)31-19)14-11-21(26(37)38)32-24-20-15-30-34(3)25(20)29-17-28-24/h9-10,15,17,21,26,37-38H,4-8,11-14,16H2,1-3H3,(H,27,31)(H,28,29,32)/t21-/m0/s1. The molecule has 12 heteroatoms. The van der Waals surface area contributed by atoms with Crippen LogP contribution in [0.1, 0.15) is 36.9 Å². The number of unbranched alkanes of at least 4 members (excludes halogenated alkanes) is 1. The van der Waals surface area contributed by atoms with E-state index in [1.807, 2.05) is 0 Å². The van der Waals surface area contributed by atoms with Gasteiger partial charge in [0.25, 0.3) is 0 Å². The van der Waals surface area contributed by atoms with Crippen LogP contribution in [-0.4, -0.2) is 103 Å². The molecule has 206 valence electrons. The average molecular weight is 526 g/mol. The number of amides is 1. The van der Waals surface area contributed by atoms with Gasteiger partial charge in [0.15, 0.2) is 11.9 Å². The van der Waals surface area contributed by atoms with Gasteiger partial charge in [0, 0.05) is 39.9 Å². The van der Waals surface area contributed by atoms with Crippen molar-refractivity contribution in [3.05, 3.63) is 35.9 Å². The van der Waals surface area contributed by atoms with Crippen molar-refractivity contribution in [2.75, 3.05) is 50.9 Å². The molecule has 0 radical (unpaired) electrons. The van der Waals surface area contributed by atoms with E-state index < -0.39 is 12.3 Å². The first-order valence-electron chi connectivity index (χ1n) is 13.2. The fourth-order valence-electron chi connectivity index (χ4n) is 4.62. The van der Waals surface area contributed by atoms with Gasteiger partial charge < -0.3 is 25.7 Å². The Morgan fingerprint density at radius 1 is 1.21 bits per heavy atom. The molecule has 1 aliphatic heterocycles. The number of carbonyl (C=O) groups is 1. The van der Waals surface area contributed by atoms with Crippen LogP contribution < -0.4 is 10.6 Å². The zero-order valence-corrected chi connectivity index (χ0v) is 22.5. The van der Waals surface area contributed by atoms with Gasteiger partial charge in [-0.05, 0) is 56.7 Å². The number of nitrogens with zero attached hydrogens (tertiary/aromatic N) is 7. The normalized spacial score (nSPS) is 14.0. The molecule has 1 amide bonds. The first-order valence-corrected chi connectivity index (χ1v) is 13.2. The smallest absolute Gasteiger partial charge is 0.236 e. The molecular weight excluding hydrogens is 486 g/mol. The van der Waals surface area contributed by atoms with E-state index in [0.29, 0.717) is 29.8 Å². The number of anilines is 2. The average Bonchev–Trinajstić information content (AvgIpc) is 3.29. The summed E-state index contributed by atoms with van der Waals surface area (Å²) < 4.78 is 1.64. The number of likely N-dealkylation sites (N-methyl/N-ethyl adjacent to an activating group) is 1. The minimum atomic E-state index is -1.60. The third-order valence-corrected chi connectivity index (χ3v) is 6.93. The summed E-state index contributed by atoms with van der Waals surface area (Å²) in [6.07, 6.45) is 6.81. The number of hydrogen-bond acceptors (Lipinski definition) is 10. The third kappa shape index (κ3) is 7.15. The number of carbonyl (C=O) groups excluding carboxylic acids is 1. The molecule has 0 fully saturated rings. The third-order valence-electron chi connectivity index (χ3n) is 6.93. The molecular formula is C26H39N9O3. The molecule has 0 aromatic carbocycles. The van der Waals surface area contributed by atoms with Crippen LogP contribution >= 0.6 is 0 Å². The van der Waals surface area contributed by atoms with Crippen LogP contribution in [0, 0.1) is 0 Å². The van der Waals surface area contributed by atoms with Gasteiger partial charge in [0.2, 0.25) is 5.91 Å². The van der Waals surface area contributed by atoms with Crippen molar-refractivity contribution in [2.24, 2.45) is 7.05 Å². The van der Waals surface area contributed by atoms with Crippen molar-refractivity contribution in [3.8, 4) is 0 Å². The molecule has 4 N–H and O–H groups in total. The highest BCUT2D eigenvalue weighted by Gasteiger charge is 2.22. The molecule has 0 spiro atoms. The van der Waals surface area contributed by atoms with E-state index in [-0.39, 0.29) is 12.5 Å². The highest BCUT2D eigenvalue weighted by Crippen LogP contribution is 2.21. The number of aliphatic hydroxyl groups is 2. The van der Waals surface area contributed by atoms with Crippen molar-refractivity contribution in [1.82, 2.24) is 34.5 Å². The molecule has 3 aromatic heterocycles. The molecule has 4 heterocycles. The van der Waals surface area contributed by atoms with Crippen LogP contribution in [0.4, 0.5) is 11.6 Å². The monoisotopic (exact) mass is 525 g/mol. The van der Waals surface area contributed by atoms with Crippen molar-refractivity contribution < 1.29 is 15.0 Å². The SMILES string of the molecule is CN(C)C(=O)CN(CCCCc1ccc2c(n1)NCCC2)CC[C@H](Nc1ncnc2c1cnn2C)C(O)O. The highest BCUT2D eigenvalue weighted by atomic mass is 16.5. The zero-order chi connectivity index (χ0) is 27.1. The second-order valence-electron chi connectivity index (χ2n) is 10.0. The molecule has 1 atom stereocenters. The Bertz CT molecular complexity index is 1210. The summed E-state index contributed by atoms with van der Waals surface area (Å²) in [5.41, 5.74) is 3.01. The molecule has 38 heavy (non-hydrogen) atoms. The van der Waals surface area contributed by atoms with E-state index in [4.69, 9.17) is 4.98 Å². The zero-order valence-electron chi connectivity index (χ0n) is 22.5. The quantitative estimate of drug-likeness (QED) is 0.188. The predicted octanol–water partition coefficient (Wildman–Crippen LogP) is 1.01. The van der Waals surface area contributed by atoms with Crippen molar-refractivity contribution >= 4 is 28.6 Å². The van der Waals surface area contributed by atoms with Gasteiger partial charge >= 0.3 is 0 Å². The van der Waals surface area contributed by atoms with Crippen molar-refractivity contribution in [1.29, 1.82) is 0 Å². The fourth-order valence-corrected chi connectivity index (χ4v) is 4.62. The Morgan fingerprint density at radius 3 is 2.84 bits per heavy atom. The van der Waals surface area contributed by atoms with E-state index in [1.54, 1.807) is 36.9 Å². The summed E-state index contributed by atoms with van der Waals surface area (Å²) in [6, 6.07) is 3.61. The molecule has 0 bridgehead atoms. The van der Waals surface area contributed by atoms with Gasteiger partial charge in [-0.3, -0.25) is 14.4 Å². The van der Waals surface area contributed by atoms with Gasteiger partial charge in [-0.15, -0.1) is 0 Å². The summed E-state index contributed by atoms with van der Waals surface area (Å²) >= 11 is 0. The summed E-state index contributed by atoms with van der Waals surface area (Å²) in [5.74, 6) is 1.51. The maximum absolute atomic E-state index is 12.5. The second-order valence-corrected chi connectivity index (χ2v) is 10.0. The number of pyridine rings is 1. The Labute approximate surface area is 223 Å². The Kier molecular flexibility index (Phi) is 9.43. The molecule has 0 saturated heterocycles. The van der Waals surface area contributed by atoms with Crippen LogP contribution in [-0.2, 0) is 24.7 Å². The number of nitrogens with one attached hydrogen (secondary N) is 2. The first-order chi connectivity index (χ1) is 18.3. The molecule has 1 aliphatic rings. The summed E-state index contributed by atoms with van der Waals surface area (Å²) in [4.78, 5) is 29.4. The van der Waals surface area contributed by atoms with Crippen LogP contribution in [0.5, 0.6) is 0 Å². The van der Waals surface area contributed by atoms with Crippen LogP contribution in [0.15, 0.2) is 24.7 Å². The maximum atomic E-state index is 12.5. The summed E-state index contributed by atoms with van der Waals surface area (Å²) in [7, 11) is 5.27. The van der Waals surface area contributed by atoms with Crippen LogP contribution in [0.25, 0.3) is 11.0 Å². The molecule has 0 aliphatic carbocycles. The van der Waals surface area contributed by atoms with Crippen molar-refractivity contribution in [3.63, 3.8) is 0 Å². The Morgan fingerprint density at radius 2 is 2.05 bits per heavy atom. The van der Waals surface area contributed by atoms with E-state index in [1.165, 1.54) is 11.9 Å². The molecule has 12 nitrogen and oxygen atoms in total. The fraction of sp³-hybridized carbons (Fsp3) is 0.577. The van der Waals surface area contributed by atoms with Crippen LogP contribution in [0.3, 0.4) is 0 Å². The van der Waals surface area contributed by atoms with E-state index in [9.17, 15) is 15.0 Å². The summed E-state index contributed by atoms with van der Waals surface area (Å²) in [5, 5.41) is 31.6. The lowest BCUT2D eigenvalue weighted by atomic mass is 10.1. The lowest BCUT2D eigenvalue weighted by Gasteiger charge is -2.27. The highest BCUT2D eigenvalue weighted by molar-refractivity contribution is 5.86. The molecule has 0 unspecified atom stereocenters.